The molecule has 0 saturated heterocycles. The molecule has 136 valence electrons. The summed E-state index contributed by atoms with van der Waals surface area (Å²) in [5.74, 6) is -1.00. The van der Waals surface area contributed by atoms with Crippen LogP contribution in [-0.4, -0.2) is 54.4 Å². The lowest BCUT2D eigenvalue weighted by Gasteiger charge is -2.34. The number of hydrazine groups is 1. The van der Waals surface area contributed by atoms with Crippen molar-refractivity contribution in [2.75, 3.05) is 14.1 Å². The van der Waals surface area contributed by atoms with Crippen molar-refractivity contribution in [2.24, 2.45) is 10.1 Å². The zero-order valence-electron chi connectivity index (χ0n) is 14.1. The number of pyridine rings is 1. The van der Waals surface area contributed by atoms with Gasteiger partial charge in [0.25, 0.3) is 15.0 Å². The number of hydrogen-bond acceptors (Lipinski definition) is 7. The Morgan fingerprint density at radius 1 is 1.15 bits per heavy atom. The molecule has 9 nitrogen and oxygen atoms in total. The van der Waals surface area contributed by atoms with Crippen LogP contribution in [-0.2, 0) is 15.0 Å². The van der Waals surface area contributed by atoms with E-state index in [1.807, 2.05) is 6.07 Å². The van der Waals surface area contributed by atoms with Crippen LogP contribution in [0.1, 0.15) is 21.6 Å². The van der Waals surface area contributed by atoms with Gasteiger partial charge in [0.2, 0.25) is 0 Å². The van der Waals surface area contributed by atoms with E-state index < -0.39 is 21.0 Å². The van der Waals surface area contributed by atoms with E-state index in [0.717, 1.165) is 0 Å². The van der Waals surface area contributed by atoms with E-state index in [-0.39, 0.29) is 11.3 Å². The number of primary sulfonamides is 1. The number of carboxylic acids is 1. The Morgan fingerprint density at radius 2 is 1.81 bits per heavy atom. The first-order valence-electron chi connectivity index (χ1n) is 7.54. The van der Waals surface area contributed by atoms with Crippen LogP contribution in [0, 0.1) is 0 Å². The predicted molar refractivity (Wildman–Crippen MR) is 94.5 cm³/mol. The van der Waals surface area contributed by atoms with Crippen molar-refractivity contribution in [2.45, 2.75) is 4.99 Å². The molecule has 0 fully saturated rings. The first-order valence-corrected chi connectivity index (χ1v) is 9.08. The Hall–Kier alpha value is -2.82. The molecule has 26 heavy (non-hydrogen) atoms. The molecular formula is C16H17N5O4S. The molecule has 1 atom stereocenters. The molecule has 3 rings (SSSR count). The van der Waals surface area contributed by atoms with Gasteiger partial charge >= 0.3 is 5.97 Å². The third-order valence-electron chi connectivity index (χ3n) is 4.23. The maximum absolute atomic E-state index is 12.6. The molecule has 1 aromatic heterocycles. The highest BCUT2D eigenvalue weighted by Crippen LogP contribution is 2.40. The minimum absolute atomic E-state index is 0.268. The Labute approximate surface area is 150 Å². The number of carboxylic acid groups (broad SMARTS) is 1. The van der Waals surface area contributed by atoms with Gasteiger partial charge in [0.1, 0.15) is 11.5 Å². The standard InChI is InChI=1S/C16H17N5O4S/c1-20-14(11-7-4-3-5-8-11)19-16(21(20)2,26(17,24)25)13-12(15(22)23)9-6-10-18-13/h3-10H,1-2H3,(H,22,23)(H2,17,24,25). The second kappa shape index (κ2) is 6.16. The van der Waals surface area contributed by atoms with Gasteiger partial charge in [-0.2, -0.15) is 5.01 Å². The summed E-state index contributed by atoms with van der Waals surface area (Å²) >= 11 is 0. The summed E-state index contributed by atoms with van der Waals surface area (Å²) in [6, 6.07) is 11.6. The van der Waals surface area contributed by atoms with Gasteiger partial charge in [-0.05, 0) is 12.1 Å². The van der Waals surface area contributed by atoms with Crippen LogP contribution < -0.4 is 5.14 Å². The van der Waals surface area contributed by atoms with Gasteiger partial charge in [-0.3, -0.25) is 9.99 Å². The monoisotopic (exact) mass is 375 g/mol. The lowest BCUT2D eigenvalue weighted by atomic mass is 10.1. The van der Waals surface area contributed by atoms with Crippen molar-refractivity contribution >= 4 is 21.8 Å². The molecule has 2 aromatic rings. The van der Waals surface area contributed by atoms with Gasteiger partial charge in [0.15, 0.2) is 0 Å². The maximum Gasteiger partial charge on any atom is 0.337 e. The number of rotatable bonds is 4. The van der Waals surface area contributed by atoms with E-state index in [9.17, 15) is 18.3 Å². The highest BCUT2D eigenvalue weighted by Gasteiger charge is 2.57. The lowest BCUT2D eigenvalue weighted by molar-refractivity contribution is 0.0516. The molecular weight excluding hydrogens is 358 g/mol. The largest absolute Gasteiger partial charge is 0.478 e. The summed E-state index contributed by atoms with van der Waals surface area (Å²) in [5.41, 5.74) is 0.0929. The average Bonchev–Trinajstić information content (AvgIpc) is 2.88. The van der Waals surface area contributed by atoms with Gasteiger partial charge in [-0.15, -0.1) is 0 Å². The number of sulfonamides is 1. The molecule has 0 amide bonds. The summed E-state index contributed by atoms with van der Waals surface area (Å²) in [4.78, 5) is 17.8. The third-order valence-corrected chi connectivity index (χ3v) is 5.57. The summed E-state index contributed by atoms with van der Waals surface area (Å²) in [6.45, 7) is 0. The molecule has 3 N–H and O–H groups in total. The smallest absolute Gasteiger partial charge is 0.337 e. The highest BCUT2D eigenvalue weighted by molar-refractivity contribution is 7.90. The summed E-state index contributed by atoms with van der Waals surface area (Å²) < 4.78 is 25.3. The van der Waals surface area contributed by atoms with Crippen molar-refractivity contribution in [3.05, 3.63) is 65.5 Å². The normalized spacial score (nSPS) is 20.9. The summed E-state index contributed by atoms with van der Waals surface area (Å²) in [7, 11) is -1.35. The fourth-order valence-electron chi connectivity index (χ4n) is 2.90. The first kappa shape index (κ1) is 18.0. The van der Waals surface area contributed by atoms with Crippen LogP contribution in [0.4, 0.5) is 0 Å². The molecule has 0 aliphatic carbocycles. The number of aromatic carboxylic acids is 1. The van der Waals surface area contributed by atoms with Gasteiger partial charge < -0.3 is 5.11 Å². The Bertz CT molecular complexity index is 993. The predicted octanol–water partition coefficient (Wildman–Crippen LogP) is 0.418. The molecule has 0 radical (unpaired) electrons. The molecule has 1 unspecified atom stereocenters. The number of nitrogens with zero attached hydrogens (tertiary/aromatic N) is 4. The minimum Gasteiger partial charge on any atom is -0.478 e. The third kappa shape index (κ3) is 2.55. The van der Waals surface area contributed by atoms with Crippen LogP contribution in [0.2, 0.25) is 0 Å². The van der Waals surface area contributed by atoms with Crippen LogP contribution in [0.5, 0.6) is 0 Å². The number of amidine groups is 1. The first-order chi connectivity index (χ1) is 12.2. The molecule has 0 bridgehead atoms. The van der Waals surface area contributed by atoms with Crippen LogP contribution >= 0.6 is 0 Å². The quantitative estimate of drug-likeness (QED) is 0.792. The number of benzene rings is 1. The average molecular weight is 375 g/mol. The van der Waals surface area contributed by atoms with Crippen molar-refractivity contribution in [3.8, 4) is 0 Å². The zero-order valence-corrected chi connectivity index (χ0v) is 14.9. The van der Waals surface area contributed by atoms with E-state index in [1.54, 1.807) is 31.3 Å². The number of nitrogens with two attached hydrogens (primary N) is 1. The topological polar surface area (TPSA) is 129 Å². The maximum atomic E-state index is 12.6. The highest BCUT2D eigenvalue weighted by atomic mass is 32.2. The fourth-order valence-corrected chi connectivity index (χ4v) is 4.04. The van der Waals surface area contributed by atoms with Crippen LogP contribution in [0.3, 0.4) is 0 Å². The molecule has 2 heterocycles. The Morgan fingerprint density at radius 3 is 2.38 bits per heavy atom. The van der Waals surface area contributed by atoms with Gasteiger partial charge in [0.05, 0.1) is 5.56 Å². The second-order valence-electron chi connectivity index (χ2n) is 5.71. The summed E-state index contributed by atoms with van der Waals surface area (Å²) in [5, 5.41) is 17.8. The lowest BCUT2D eigenvalue weighted by Crippen LogP contribution is -2.54. The van der Waals surface area contributed by atoms with E-state index >= 15 is 0 Å². The van der Waals surface area contributed by atoms with Crippen LogP contribution in [0.15, 0.2) is 53.7 Å². The Balaban J connectivity index is 2.35. The van der Waals surface area contributed by atoms with Crippen molar-refractivity contribution in [1.82, 2.24) is 15.0 Å². The number of aromatic nitrogens is 1. The van der Waals surface area contributed by atoms with Crippen molar-refractivity contribution in [1.29, 1.82) is 0 Å². The van der Waals surface area contributed by atoms with Gasteiger partial charge in [0, 0.05) is 25.9 Å². The van der Waals surface area contributed by atoms with E-state index in [2.05, 4.69) is 9.98 Å². The zero-order chi connectivity index (χ0) is 19.1. The van der Waals surface area contributed by atoms with Gasteiger partial charge in [-0.25, -0.2) is 23.3 Å². The molecule has 10 heteroatoms. The molecule has 0 spiro atoms. The van der Waals surface area contributed by atoms with Crippen LogP contribution in [0.25, 0.3) is 0 Å². The molecule has 1 aliphatic rings. The number of hydrogen-bond donors (Lipinski definition) is 2. The summed E-state index contributed by atoms with van der Waals surface area (Å²) in [6.07, 6.45) is 1.30. The minimum atomic E-state index is -4.43. The van der Waals surface area contributed by atoms with E-state index in [0.29, 0.717) is 11.4 Å². The fraction of sp³-hybridized carbons (Fsp3) is 0.188. The van der Waals surface area contributed by atoms with Gasteiger partial charge in [-0.1, -0.05) is 30.3 Å². The second-order valence-corrected chi connectivity index (χ2v) is 7.37. The van der Waals surface area contributed by atoms with E-state index in [4.69, 9.17) is 5.14 Å². The number of aliphatic imine (C=N–C) groups is 1. The Kier molecular flexibility index (Phi) is 4.26. The van der Waals surface area contributed by atoms with Crippen molar-refractivity contribution < 1.29 is 18.3 Å². The van der Waals surface area contributed by atoms with Crippen molar-refractivity contribution in [3.63, 3.8) is 0 Å². The number of carbonyl (C=O) groups is 1. The molecule has 1 aromatic carbocycles. The molecule has 1 aliphatic heterocycles. The van der Waals surface area contributed by atoms with E-state index in [1.165, 1.54) is 35.4 Å². The molecule has 0 saturated carbocycles. The SMILES string of the molecule is CN1C(c2ccccc2)=NC(c2ncccc2C(=O)O)(S(N)(=O)=O)N1C.